The Kier molecular flexibility index (Phi) is 7.58. The number of hydrogen-bond acceptors (Lipinski definition) is 7. The minimum atomic E-state index is -0.174. The molecular weight excluding hydrogens is 470 g/mol. The van der Waals surface area contributed by atoms with E-state index in [0.29, 0.717) is 51.4 Å². The van der Waals surface area contributed by atoms with Gasteiger partial charge in [-0.05, 0) is 60.4 Å². The lowest BCUT2D eigenvalue weighted by atomic mass is 10.1. The molecule has 170 valence electrons. The Balaban J connectivity index is 1.36. The van der Waals surface area contributed by atoms with Crippen LogP contribution in [0.2, 0.25) is 5.02 Å². The molecule has 0 aliphatic rings. The number of aromatic amines is 1. The minimum absolute atomic E-state index is 0.174. The third-order valence-corrected chi connectivity index (χ3v) is 6.32. The Labute approximate surface area is 205 Å². The van der Waals surface area contributed by atoms with Crippen LogP contribution in [-0.2, 0) is 12.8 Å². The predicted molar refractivity (Wildman–Crippen MR) is 132 cm³/mol. The zero-order valence-electron chi connectivity index (χ0n) is 18.3. The second-order valence-corrected chi connectivity index (χ2v) is 9.01. The molecule has 1 N–H and O–H groups in total. The summed E-state index contributed by atoms with van der Waals surface area (Å²) in [5.41, 5.74) is 3.58. The Morgan fingerprint density at radius 3 is 2.68 bits per heavy atom. The van der Waals surface area contributed by atoms with E-state index in [1.165, 1.54) is 18.1 Å². The first-order valence-corrected chi connectivity index (χ1v) is 11.8. The van der Waals surface area contributed by atoms with E-state index in [2.05, 4.69) is 26.0 Å². The second kappa shape index (κ2) is 11.0. The van der Waals surface area contributed by atoms with Crippen molar-refractivity contribution in [2.45, 2.75) is 24.9 Å². The normalized spacial score (nSPS) is 10.6. The highest BCUT2D eigenvalue weighted by Gasteiger charge is 2.09. The molecule has 2 aromatic carbocycles. The van der Waals surface area contributed by atoms with Crippen LogP contribution in [0.15, 0.2) is 71.3 Å². The first-order valence-electron chi connectivity index (χ1n) is 10.4. The number of H-pyrrole nitrogens is 1. The molecule has 34 heavy (non-hydrogen) atoms. The zero-order valence-corrected chi connectivity index (χ0v) is 19.9. The van der Waals surface area contributed by atoms with Crippen LogP contribution in [0.1, 0.15) is 27.8 Å². The second-order valence-electron chi connectivity index (χ2n) is 7.52. The maximum atomic E-state index is 12.4. The molecule has 0 amide bonds. The molecule has 0 aliphatic carbocycles. The van der Waals surface area contributed by atoms with E-state index in [4.69, 9.17) is 16.3 Å². The Hall–Kier alpha value is -3.67. The average Bonchev–Trinajstić information content (AvgIpc) is 2.84. The van der Waals surface area contributed by atoms with Crippen molar-refractivity contribution in [3.8, 4) is 17.6 Å². The van der Waals surface area contributed by atoms with Crippen molar-refractivity contribution in [2.24, 2.45) is 0 Å². The number of ether oxygens (including phenoxy) is 1. The van der Waals surface area contributed by atoms with E-state index in [-0.39, 0.29) is 5.56 Å². The number of hydrogen-bond donors (Lipinski definition) is 1. The molecule has 0 aliphatic heterocycles. The van der Waals surface area contributed by atoms with Gasteiger partial charge < -0.3 is 9.72 Å². The monoisotopic (exact) mass is 489 g/mol. The molecule has 7 nitrogen and oxygen atoms in total. The molecule has 0 unspecified atom stereocenters. The van der Waals surface area contributed by atoms with E-state index in [1.807, 2.05) is 25.1 Å². The summed E-state index contributed by atoms with van der Waals surface area (Å²) < 4.78 is 5.89. The Morgan fingerprint density at radius 2 is 1.94 bits per heavy atom. The van der Waals surface area contributed by atoms with Gasteiger partial charge in [0.05, 0.1) is 5.56 Å². The molecule has 2 heterocycles. The molecule has 4 rings (SSSR count). The summed E-state index contributed by atoms with van der Waals surface area (Å²) in [6.07, 6.45) is 7.52. The standard InChI is InChI=1S/C25H20ClN5O2S/c1-16-8-21(3-4-22(16)26)33-23-5-2-17(9-19(23)11-27)6-7-34-25-30-14-20(24(32)31-25)10-18-12-28-15-29-13-18/h2-5,8-9,12-15H,6-7,10H2,1H3,(H,30,31,32). The van der Waals surface area contributed by atoms with Gasteiger partial charge >= 0.3 is 0 Å². The van der Waals surface area contributed by atoms with Gasteiger partial charge in [-0.3, -0.25) is 4.79 Å². The SMILES string of the molecule is Cc1cc(Oc2ccc(CCSc3ncc(Cc4cncnc4)c(=O)[nH]3)cc2C#N)ccc1Cl. The van der Waals surface area contributed by atoms with Gasteiger partial charge in [-0.25, -0.2) is 15.0 Å². The highest BCUT2D eigenvalue weighted by Crippen LogP contribution is 2.29. The molecule has 0 fully saturated rings. The van der Waals surface area contributed by atoms with Crippen LogP contribution < -0.4 is 10.3 Å². The molecular formula is C25H20ClN5O2S. The van der Waals surface area contributed by atoms with Crippen molar-refractivity contribution in [3.05, 3.63) is 105 Å². The van der Waals surface area contributed by atoms with Crippen molar-refractivity contribution in [1.82, 2.24) is 19.9 Å². The largest absolute Gasteiger partial charge is 0.456 e. The number of nitriles is 1. The fourth-order valence-corrected chi connectivity index (χ4v) is 4.17. The molecule has 4 aromatic rings. The highest BCUT2D eigenvalue weighted by molar-refractivity contribution is 7.99. The number of halogens is 1. The summed E-state index contributed by atoms with van der Waals surface area (Å²) in [7, 11) is 0. The fourth-order valence-electron chi connectivity index (χ4n) is 3.23. The topological polar surface area (TPSA) is 105 Å². The number of aromatic nitrogens is 4. The molecule has 2 aromatic heterocycles. The number of nitrogens with one attached hydrogen (secondary N) is 1. The summed E-state index contributed by atoms with van der Waals surface area (Å²) in [6.45, 7) is 1.90. The molecule has 0 spiro atoms. The van der Waals surface area contributed by atoms with Crippen LogP contribution in [-0.4, -0.2) is 25.7 Å². The van der Waals surface area contributed by atoms with Crippen LogP contribution in [0, 0.1) is 18.3 Å². The number of benzene rings is 2. The summed E-state index contributed by atoms with van der Waals surface area (Å²) in [4.78, 5) is 27.5. The number of aryl methyl sites for hydroxylation is 2. The molecule has 0 radical (unpaired) electrons. The maximum Gasteiger partial charge on any atom is 0.255 e. The zero-order chi connectivity index (χ0) is 23.9. The van der Waals surface area contributed by atoms with Gasteiger partial charge in [-0.2, -0.15) is 5.26 Å². The van der Waals surface area contributed by atoms with Crippen molar-refractivity contribution in [2.75, 3.05) is 5.75 Å². The van der Waals surface area contributed by atoms with Gasteiger partial charge in [0.1, 0.15) is 23.9 Å². The van der Waals surface area contributed by atoms with E-state index in [9.17, 15) is 10.1 Å². The quantitative estimate of drug-likeness (QED) is 0.271. The fraction of sp³-hybridized carbons (Fsp3) is 0.160. The van der Waals surface area contributed by atoms with E-state index >= 15 is 0 Å². The van der Waals surface area contributed by atoms with Crippen molar-refractivity contribution in [3.63, 3.8) is 0 Å². The first-order chi connectivity index (χ1) is 16.5. The van der Waals surface area contributed by atoms with Crippen LogP contribution in [0.25, 0.3) is 0 Å². The van der Waals surface area contributed by atoms with E-state index in [0.717, 1.165) is 16.7 Å². The third kappa shape index (κ3) is 6.01. The lowest BCUT2D eigenvalue weighted by molar-refractivity contribution is 0.480. The van der Waals surface area contributed by atoms with Gasteiger partial charge in [-0.15, -0.1) is 0 Å². The predicted octanol–water partition coefficient (Wildman–Crippen LogP) is 5.11. The summed E-state index contributed by atoms with van der Waals surface area (Å²) >= 11 is 7.52. The summed E-state index contributed by atoms with van der Waals surface area (Å²) in [5.74, 6) is 1.81. The van der Waals surface area contributed by atoms with Crippen molar-refractivity contribution in [1.29, 1.82) is 5.26 Å². The van der Waals surface area contributed by atoms with Crippen molar-refractivity contribution >= 4 is 23.4 Å². The van der Waals surface area contributed by atoms with Gasteiger partial charge in [0, 0.05) is 41.4 Å². The number of thioether (sulfide) groups is 1. The maximum absolute atomic E-state index is 12.4. The van der Waals surface area contributed by atoms with Gasteiger partial charge in [-0.1, -0.05) is 29.4 Å². The molecule has 0 bridgehead atoms. The van der Waals surface area contributed by atoms with Gasteiger partial charge in [0.25, 0.3) is 5.56 Å². The highest BCUT2D eigenvalue weighted by atomic mass is 35.5. The van der Waals surface area contributed by atoms with E-state index < -0.39 is 0 Å². The van der Waals surface area contributed by atoms with Gasteiger partial charge in [0.2, 0.25) is 0 Å². The molecule has 9 heteroatoms. The number of rotatable bonds is 8. The van der Waals surface area contributed by atoms with Crippen molar-refractivity contribution < 1.29 is 4.74 Å². The van der Waals surface area contributed by atoms with Crippen LogP contribution in [0.3, 0.4) is 0 Å². The molecule has 0 atom stereocenters. The summed E-state index contributed by atoms with van der Waals surface area (Å²) in [5, 5.41) is 10.8. The van der Waals surface area contributed by atoms with Crippen LogP contribution in [0.5, 0.6) is 11.5 Å². The Bertz CT molecular complexity index is 1400. The van der Waals surface area contributed by atoms with Gasteiger partial charge in [0.15, 0.2) is 5.16 Å². The van der Waals surface area contributed by atoms with Crippen LogP contribution in [0.4, 0.5) is 0 Å². The molecule has 0 saturated carbocycles. The Morgan fingerprint density at radius 1 is 1.12 bits per heavy atom. The third-order valence-electron chi connectivity index (χ3n) is 5.01. The van der Waals surface area contributed by atoms with E-state index in [1.54, 1.807) is 36.8 Å². The lowest BCUT2D eigenvalue weighted by Crippen LogP contribution is -2.15. The summed E-state index contributed by atoms with van der Waals surface area (Å²) in [6, 6.07) is 13.1. The number of nitrogens with zero attached hydrogens (tertiary/aromatic N) is 4. The molecule has 0 saturated heterocycles. The lowest BCUT2D eigenvalue weighted by Gasteiger charge is -2.10. The average molecular weight is 490 g/mol. The smallest absolute Gasteiger partial charge is 0.255 e. The minimum Gasteiger partial charge on any atom is -0.456 e. The van der Waals surface area contributed by atoms with Crippen LogP contribution >= 0.6 is 23.4 Å². The first kappa shape index (κ1) is 23.5.